The van der Waals surface area contributed by atoms with Crippen molar-refractivity contribution in [3.8, 4) is 0 Å². The van der Waals surface area contributed by atoms with Crippen LogP contribution in [0.15, 0.2) is 34.9 Å². The van der Waals surface area contributed by atoms with Gasteiger partial charge in [-0.05, 0) is 17.7 Å². The van der Waals surface area contributed by atoms with Crippen LogP contribution in [0, 0.1) is 0 Å². The van der Waals surface area contributed by atoms with Crippen LogP contribution in [0.4, 0.5) is 13.2 Å². The highest BCUT2D eigenvalue weighted by Crippen LogP contribution is 2.29. The van der Waals surface area contributed by atoms with Gasteiger partial charge >= 0.3 is 6.18 Å². The Morgan fingerprint density at radius 3 is 2.37 bits per heavy atom. The average molecular weight is 269 g/mol. The number of hydrogen-bond acceptors (Lipinski definition) is 3. The van der Waals surface area contributed by atoms with Gasteiger partial charge in [0.15, 0.2) is 5.78 Å². The maximum Gasteiger partial charge on any atom is 0.416 e. The van der Waals surface area contributed by atoms with E-state index in [0.29, 0.717) is 17.7 Å². The summed E-state index contributed by atoms with van der Waals surface area (Å²) in [5.41, 5.74) is 0.166. The van der Waals surface area contributed by atoms with E-state index in [4.69, 9.17) is 4.52 Å². The SMILES string of the molecule is CC(=O)c1cc(Cc2ccc(C(F)(F)F)cc2)on1. The molecule has 3 nitrogen and oxygen atoms in total. The third-order valence-electron chi connectivity index (χ3n) is 2.58. The van der Waals surface area contributed by atoms with Gasteiger partial charge in [0.25, 0.3) is 0 Å². The van der Waals surface area contributed by atoms with Crippen molar-refractivity contribution in [2.45, 2.75) is 19.5 Å². The molecule has 19 heavy (non-hydrogen) atoms. The standard InChI is InChI=1S/C13H10F3NO2/c1-8(18)12-7-11(19-17-12)6-9-2-4-10(5-3-9)13(14,15)16/h2-5,7H,6H2,1H3. The maximum atomic E-state index is 12.4. The lowest BCUT2D eigenvalue weighted by Crippen LogP contribution is -2.04. The monoisotopic (exact) mass is 269 g/mol. The zero-order valence-corrected chi connectivity index (χ0v) is 9.99. The van der Waals surface area contributed by atoms with E-state index >= 15 is 0 Å². The number of Topliss-reactive ketones (excluding diaryl/α,β-unsaturated/α-hetero) is 1. The number of hydrogen-bond donors (Lipinski definition) is 0. The van der Waals surface area contributed by atoms with Gasteiger partial charge in [-0.15, -0.1) is 0 Å². The van der Waals surface area contributed by atoms with Crippen molar-refractivity contribution in [2.75, 3.05) is 0 Å². The number of ketones is 1. The fourth-order valence-corrected chi connectivity index (χ4v) is 1.57. The third-order valence-corrected chi connectivity index (χ3v) is 2.58. The van der Waals surface area contributed by atoms with Crippen LogP contribution in [-0.4, -0.2) is 10.9 Å². The number of carbonyl (C=O) groups is 1. The van der Waals surface area contributed by atoms with Gasteiger partial charge in [-0.1, -0.05) is 17.3 Å². The van der Waals surface area contributed by atoms with Crippen LogP contribution in [0.3, 0.4) is 0 Å². The van der Waals surface area contributed by atoms with Gasteiger partial charge in [0.2, 0.25) is 0 Å². The Morgan fingerprint density at radius 1 is 1.26 bits per heavy atom. The molecule has 1 aromatic carbocycles. The molecular formula is C13H10F3NO2. The minimum atomic E-state index is -4.34. The maximum absolute atomic E-state index is 12.4. The first-order valence-electron chi connectivity index (χ1n) is 5.49. The molecule has 0 bridgehead atoms. The molecule has 0 unspecified atom stereocenters. The molecule has 0 aliphatic rings. The molecule has 6 heteroatoms. The molecule has 0 fully saturated rings. The van der Waals surface area contributed by atoms with Gasteiger partial charge in [-0.25, -0.2) is 0 Å². The summed E-state index contributed by atoms with van der Waals surface area (Å²) in [4.78, 5) is 11.0. The predicted octanol–water partition coefficient (Wildman–Crippen LogP) is 3.49. The van der Waals surface area contributed by atoms with E-state index in [0.717, 1.165) is 12.1 Å². The summed E-state index contributed by atoms with van der Waals surface area (Å²) in [6.07, 6.45) is -4.05. The zero-order valence-electron chi connectivity index (χ0n) is 9.99. The lowest BCUT2D eigenvalue weighted by molar-refractivity contribution is -0.137. The average Bonchev–Trinajstić information content (AvgIpc) is 2.77. The van der Waals surface area contributed by atoms with Crippen molar-refractivity contribution in [3.05, 3.63) is 52.9 Å². The number of halogens is 3. The molecule has 0 aliphatic heterocycles. The van der Waals surface area contributed by atoms with Crippen molar-refractivity contribution < 1.29 is 22.5 Å². The summed E-state index contributed by atoms with van der Waals surface area (Å²) in [5, 5.41) is 3.56. The summed E-state index contributed by atoms with van der Waals surface area (Å²) >= 11 is 0. The van der Waals surface area contributed by atoms with Crippen LogP contribution in [0.5, 0.6) is 0 Å². The second-order valence-corrected chi connectivity index (χ2v) is 4.11. The summed E-state index contributed by atoms with van der Waals surface area (Å²) in [5.74, 6) is 0.215. The minimum absolute atomic E-state index is 0.210. The highest BCUT2D eigenvalue weighted by atomic mass is 19.4. The molecule has 1 heterocycles. The van der Waals surface area contributed by atoms with Gasteiger partial charge in [-0.3, -0.25) is 4.79 Å². The van der Waals surface area contributed by atoms with Gasteiger partial charge in [0.05, 0.1) is 5.56 Å². The van der Waals surface area contributed by atoms with E-state index in [9.17, 15) is 18.0 Å². The van der Waals surface area contributed by atoms with Crippen LogP contribution in [0.1, 0.15) is 34.3 Å². The Bertz CT molecular complexity index is 585. The van der Waals surface area contributed by atoms with Crippen LogP contribution >= 0.6 is 0 Å². The van der Waals surface area contributed by atoms with E-state index < -0.39 is 11.7 Å². The lowest BCUT2D eigenvalue weighted by atomic mass is 10.1. The molecule has 0 saturated heterocycles. The molecule has 2 rings (SSSR count). The second-order valence-electron chi connectivity index (χ2n) is 4.11. The highest BCUT2D eigenvalue weighted by Gasteiger charge is 2.29. The highest BCUT2D eigenvalue weighted by molar-refractivity contribution is 5.91. The summed E-state index contributed by atoms with van der Waals surface area (Å²) in [7, 11) is 0. The molecular weight excluding hydrogens is 259 g/mol. The number of rotatable bonds is 3. The van der Waals surface area contributed by atoms with E-state index in [1.165, 1.54) is 25.1 Å². The van der Waals surface area contributed by atoms with Crippen molar-refractivity contribution in [3.63, 3.8) is 0 Å². The number of benzene rings is 1. The van der Waals surface area contributed by atoms with Crippen LogP contribution < -0.4 is 0 Å². The fraction of sp³-hybridized carbons (Fsp3) is 0.231. The number of alkyl halides is 3. The summed E-state index contributed by atoms with van der Waals surface area (Å²) in [6, 6.07) is 6.26. The molecule has 1 aromatic heterocycles. The molecule has 0 atom stereocenters. The molecule has 0 saturated carbocycles. The molecule has 0 radical (unpaired) electrons. The number of nitrogens with zero attached hydrogens (tertiary/aromatic N) is 1. The largest absolute Gasteiger partial charge is 0.416 e. The Morgan fingerprint density at radius 2 is 1.89 bits per heavy atom. The first-order chi connectivity index (χ1) is 8.86. The molecule has 2 aromatic rings. The number of aromatic nitrogens is 1. The van der Waals surface area contributed by atoms with Crippen molar-refractivity contribution in [2.24, 2.45) is 0 Å². The first-order valence-corrected chi connectivity index (χ1v) is 5.49. The van der Waals surface area contributed by atoms with Crippen molar-refractivity contribution in [1.82, 2.24) is 5.16 Å². The van der Waals surface area contributed by atoms with Gasteiger partial charge in [0, 0.05) is 19.4 Å². The third kappa shape index (κ3) is 3.21. The smallest absolute Gasteiger partial charge is 0.360 e. The number of carbonyl (C=O) groups excluding carboxylic acids is 1. The zero-order chi connectivity index (χ0) is 14.0. The molecule has 100 valence electrons. The summed E-state index contributed by atoms with van der Waals surface area (Å²) < 4.78 is 42.1. The Labute approximate surface area is 107 Å². The van der Waals surface area contributed by atoms with Gasteiger partial charge < -0.3 is 4.52 Å². The molecule has 0 N–H and O–H groups in total. The van der Waals surface area contributed by atoms with Crippen molar-refractivity contribution in [1.29, 1.82) is 0 Å². The molecule has 0 aliphatic carbocycles. The topological polar surface area (TPSA) is 43.1 Å². The minimum Gasteiger partial charge on any atom is -0.360 e. The normalized spacial score (nSPS) is 11.6. The van der Waals surface area contributed by atoms with E-state index in [1.807, 2.05) is 0 Å². The van der Waals surface area contributed by atoms with Crippen LogP contribution in [0.25, 0.3) is 0 Å². The predicted molar refractivity (Wildman–Crippen MR) is 60.8 cm³/mol. The Hall–Kier alpha value is -2.11. The quantitative estimate of drug-likeness (QED) is 0.801. The first kappa shape index (κ1) is 13.3. The fourth-order valence-electron chi connectivity index (χ4n) is 1.57. The van der Waals surface area contributed by atoms with Crippen molar-refractivity contribution >= 4 is 5.78 Å². The molecule has 0 amide bonds. The van der Waals surface area contributed by atoms with Gasteiger partial charge in [-0.2, -0.15) is 13.2 Å². The Balaban J connectivity index is 2.13. The van der Waals surface area contributed by atoms with E-state index in [2.05, 4.69) is 5.16 Å². The molecule has 0 spiro atoms. The van der Waals surface area contributed by atoms with Crippen LogP contribution in [0.2, 0.25) is 0 Å². The summed E-state index contributed by atoms with van der Waals surface area (Å²) in [6.45, 7) is 1.36. The lowest BCUT2D eigenvalue weighted by Gasteiger charge is -2.06. The van der Waals surface area contributed by atoms with E-state index in [1.54, 1.807) is 0 Å². The van der Waals surface area contributed by atoms with E-state index in [-0.39, 0.29) is 11.5 Å². The van der Waals surface area contributed by atoms with Gasteiger partial charge in [0.1, 0.15) is 11.5 Å². The van der Waals surface area contributed by atoms with Crippen LogP contribution in [-0.2, 0) is 12.6 Å². The second kappa shape index (κ2) is 4.87. The Kier molecular flexibility index (Phi) is 3.42.